The normalized spacial score (nSPS) is 11.7. The number of rotatable bonds is 4. The SMILES string of the molecule is CCc1csc(NC(C)(C)CO)n1. The van der Waals surface area contributed by atoms with Gasteiger partial charge in [0.25, 0.3) is 0 Å². The quantitative estimate of drug-likeness (QED) is 0.780. The highest BCUT2D eigenvalue weighted by atomic mass is 32.1. The summed E-state index contributed by atoms with van der Waals surface area (Å²) in [6.07, 6.45) is 0.956. The molecule has 0 aliphatic carbocycles. The molecule has 0 unspecified atom stereocenters. The Balaban J connectivity index is 2.63. The van der Waals surface area contributed by atoms with Crippen molar-refractivity contribution in [2.75, 3.05) is 11.9 Å². The second-order valence-corrected chi connectivity index (χ2v) is 4.52. The van der Waals surface area contributed by atoms with Crippen molar-refractivity contribution in [2.24, 2.45) is 0 Å². The predicted molar refractivity (Wildman–Crippen MR) is 56.3 cm³/mol. The van der Waals surface area contributed by atoms with Crippen molar-refractivity contribution in [1.29, 1.82) is 0 Å². The first-order chi connectivity index (χ1) is 6.07. The number of aliphatic hydroxyl groups is 1. The van der Waals surface area contributed by atoms with E-state index in [9.17, 15) is 0 Å². The van der Waals surface area contributed by atoms with E-state index in [4.69, 9.17) is 5.11 Å². The molecule has 0 aliphatic heterocycles. The second kappa shape index (κ2) is 4.07. The topological polar surface area (TPSA) is 45.1 Å². The molecule has 3 nitrogen and oxygen atoms in total. The summed E-state index contributed by atoms with van der Waals surface area (Å²) in [6, 6.07) is 0. The van der Waals surface area contributed by atoms with Crippen molar-refractivity contribution in [2.45, 2.75) is 32.7 Å². The summed E-state index contributed by atoms with van der Waals surface area (Å²) in [5.41, 5.74) is 0.810. The van der Waals surface area contributed by atoms with Crippen LogP contribution in [0.3, 0.4) is 0 Å². The summed E-state index contributed by atoms with van der Waals surface area (Å²) < 4.78 is 0. The number of aryl methyl sites for hydroxylation is 1. The van der Waals surface area contributed by atoms with Gasteiger partial charge in [0.1, 0.15) is 0 Å². The molecular formula is C9H16N2OS. The summed E-state index contributed by atoms with van der Waals surface area (Å²) in [7, 11) is 0. The Kier molecular flexibility index (Phi) is 3.27. The molecule has 4 heteroatoms. The van der Waals surface area contributed by atoms with Crippen LogP contribution < -0.4 is 5.32 Å². The van der Waals surface area contributed by atoms with Crippen LogP contribution in [0.4, 0.5) is 5.13 Å². The Hall–Kier alpha value is -0.610. The lowest BCUT2D eigenvalue weighted by Crippen LogP contribution is -2.34. The average molecular weight is 200 g/mol. The number of nitrogens with one attached hydrogen (secondary N) is 1. The molecule has 13 heavy (non-hydrogen) atoms. The zero-order valence-electron chi connectivity index (χ0n) is 8.29. The lowest BCUT2D eigenvalue weighted by atomic mass is 10.1. The van der Waals surface area contributed by atoms with Gasteiger partial charge in [0, 0.05) is 5.38 Å². The minimum absolute atomic E-state index is 0.105. The van der Waals surface area contributed by atoms with Gasteiger partial charge in [0.05, 0.1) is 17.8 Å². The molecule has 2 N–H and O–H groups in total. The highest BCUT2D eigenvalue weighted by molar-refractivity contribution is 7.13. The Labute approximate surface area is 82.8 Å². The van der Waals surface area contributed by atoms with Gasteiger partial charge >= 0.3 is 0 Å². The van der Waals surface area contributed by atoms with Crippen LogP contribution in [0, 0.1) is 0 Å². The van der Waals surface area contributed by atoms with E-state index in [0.29, 0.717) is 0 Å². The third kappa shape index (κ3) is 2.97. The standard InChI is InChI=1S/C9H16N2OS/c1-4-7-5-13-8(10-7)11-9(2,3)6-12/h5,12H,4,6H2,1-3H3,(H,10,11). The summed E-state index contributed by atoms with van der Waals surface area (Å²) >= 11 is 1.58. The molecular weight excluding hydrogens is 184 g/mol. The molecule has 74 valence electrons. The average Bonchev–Trinajstić information content (AvgIpc) is 2.52. The molecule has 0 fully saturated rings. The summed E-state index contributed by atoms with van der Waals surface area (Å²) in [5.74, 6) is 0. The van der Waals surface area contributed by atoms with Gasteiger partial charge in [-0.2, -0.15) is 0 Å². The number of aliphatic hydroxyl groups excluding tert-OH is 1. The van der Waals surface area contributed by atoms with Crippen molar-refractivity contribution in [3.8, 4) is 0 Å². The number of anilines is 1. The van der Waals surface area contributed by atoms with Gasteiger partial charge in [-0.1, -0.05) is 6.92 Å². The minimum Gasteiger partial charge on any atom is -0.394 e. The molecule has 1 heterocycles. The van der Waals surface area contributed by atoms with E-state index in [1.54, 1.807) is 11.3 Å². The highest BCUT2D eigenvalue weighted by Crippen LogP contribution is 2.19. The summed E-state index contributed by atoms with van der Waals surface area (Å²) in [6.45, 7) is 6.07. The maximum absolute atomic E-state index is 9.03. The maximum Gasteiger partial charge on any atom is 0.183 e. The number of thiazole rings is 1. The summed E-state index contributed by atoms with van der Waals surface area (Å²) in [4.78, 5) is 4.36. The van der Waals surface area contributed by atoms with Crippen molar-refractivity contribution in [3.05, 3.63) is 11.1 Å². The molecule has 0 amide bonds. The van der Waals surface area contributed by atoms with Gasteiger partial charge < -0.3 is 10.4 Å². The van der Waals surface area contributed by atoms with Crippen molar-refractivity contribution in [1.82, 2.24) is 4.98 Å². The lowest BCUT2D eigenvalue weighted by molar-refractivity contribution is 0.234. The molecule has 0 saturated heterocycles. The fourth-order valence-electron chi connectivity index (χ4n) is 0.856. The van der Waals surface area contributed by atoms with Crippen LogP contribution in [0.15, 0.2) is 5.38 Å². The van der Waals surface area contributed by atoms with Gasteiger partial charge in [-0.05, 0) is 20.3 Å². The Morgan fingerprint density at radius 2 is 2.31 bits per heavy atom. The molecule has 1 aromatic rings. The lowest BCUT2D eigenvalue weighted by Gasteiger charge is -2.22. The van der Waals surface area contributed by atoms with E-state index in [1.807, 2.05) is 19.2 Å². The molecule has 0 radical (unpaired) electrons. The molecule has 0 aliphatic rings. The predicted octanol–water partition coefficient (Wildman–Crippen LogP) is 1.89. The van der Waals surface area contributed by atoms with Gasteiger partial charge in [-0.3, -0.25) is 0 Å². The van der Waals surface area contributed by atoms with Gasteiger partial charge in [-0.15, -0.1) is 11.3 Å². The van der Waals surface area contributed by atoms with E-state index >= 15 is 0 Å². The summed E-state index contributed by atoms with van der Waals surface area (Å²) in [5, 5.41) is 15.1. The van der Waals surface area contributed by atoms with Crippen LogP contribution in [0.25, 0.3) is 0 Å². The van der Waals surface area contributed by atoms with E-state index in [2.05, 4.69) is 17.2 Å². The van der Waals surface area contributed by atoms with Crippen molar-refractivity contribution in [3.63, 3.8) is 0 Å². The van der Waals surface area contributed by atoms with Gasteiger partial charge in [0.2, 0.25) is 0 Å². The first-order valence-electron chi connectivity index (χ1n) is 4.41. The van der Waals surface area contributed by atoms with E-state index < -0.39 is 0 Å². The molecule has 0 spiro atoms. The molecule has 1 rings (SSSR count). The van der Waals surface area contributed by atoms with Crippen LogP contribution in [0.5, 0.6) is 0 Å². The monoisotopic (exact) mass is 200 g/mol. The van der Waals surface area contributed by atoms with Crippen LogP contribution in [-0.4, -0.2) is 22.2 Å². The first kappa shape index (κ1) is 10.5. The Morgan fingerprint density at radius 1 is 1.62 bits per heavy atom. The zero-order chi connectivity index (χ0) is 9.90. The first-order valence-corrected chi connectivity index (χ1v) is 5.29. The molecule has 0 saturated carbocycles. The van der Waals surface area contributed by atoms with Gasteiger partial charge in [-0.25, -0.2) is 4.98 Å². The molecule has 0 bridgehead atoms. The largest absolute Gasteiger partial charge is 0.394 e. The fourth-order valence-corrected chi connectivity index (χ4v) is 1.83. The minimum atomic E-state index is -0.289. The van der Waals surface area contributed by atoms with E-state index in [1.165, 1.54) is 0 Å². The van der Waals surface area contributed by atoms with Crippen LogP contribution in [-0.2, 0) is 6.42 Å². The molecule has 0 atom stereocenters. The Morgan fingerprint density at radius 3 is 2.77 bits per heavy atom. The maximum atomic E-state index is 9.03. The smallest absolute Gasteiger partial charge is 0.183 e. The third-order valence-electron chi connectivity index (χ3n) is 1.75. The van der Waals surface area contributed by atoms with Crippen LogP contribution >= 0.6 is 11.3 Å². The Bertz CT molecular complexity index is 270. The van der Waals surface area contributed by atoms with E-state index in [-0.39, 0.29) is 12.1 Å². The fraction of sp³-hybridized carbons (Fsp3) is 0.667. The zero-order valence-corrected chi connectivity index (χ0v) is 9.11. The van der Waals surface area contributed by atoms with Crippen molar-refractivity contribution >= 4 is 16.5 Å². The second-order valence-electron chi connectivity index (χ2n) is 3.66. The third-order valence-corrected chi connectivity index (χ3v) is 2.56. The van der Waals surface area contributed by atoms with Crippen LogP contribution in [0.1, 0.15) is 26.5 Å². The molecule has 1 aromatic heterocycles. The van der Waals surface area contributed by atoms with Crippen LogP contribution in [0.2, 0.25) is 0 Å². The van der Waals surface area contributed by atoms with Gasteiger partial charge in [0.15, 0.2) is 5.13 Å². The number of hydrogen-bond acceptors (Lipinski definition) is 4. The van der Waals surface area contributed by atoms with Crippen molar-refractivity contribution < 1.29 is 5.11 Å². The number of aromatic nitrogens is 1. The highest BCUT2D eigenvalue weighted by Gasteiger charge is 2.16. The number of nitrogens with zero attached hydrogens (tertiary/aromatic N) is 1. The molecule has 0 aromatic carbocycles. The number of hydrogen-bond donors (Lipinski definition) is 2. The van der Waals surface area contributed by atoms with E-state index in [0.717, 1.165) is 17.2 Å².